The van der Waals surface area contributed by atoms with Crippen LogP contribution in [-0.2, 0) is 11.2 Å². The van der Waals surface area contributed by atoms with Crippen LogP contribution in [0.5, 0.6) is 11.5 Å². The highest BCUT2D eigenvalue weighted by atomic mass is 16.5. The Morgan fingerprint density at radius 2 is 2.12 bits per heavy atom. The molecule has 1 unspecified atom stereocenters. The molecule has 1 rings (SSSR count). The average Bonchev–Trinajstić information content (AvgIpc) is 2.30. The van der Waals surface area contributed by atoms with Crippen LogP contribution in [0.4, 0.5) is 0 Å². The van der Waals surface area contributed by atoms with Gasteiger partial charge in [0.15, 0.2) is 11.5 Å². The highest BCUT2D eigenvalue weighted by Gasteiger charge is 2.10. The van der Waals surface area contributed by atoms with Crippen molar-refractivity contribution in [3.63, 3.8) is 0 Å². The van der Waals surface area contributed by atoms with Gasteiger partial charge >= 0.3 is 5.97 Å². The molecule has 1 N–H and O–H groups in total. The normalized spacial score (nSPS) is 11.9. The van der Waals surface area contributed by atoms with Crippen molar-refractivity contribution in [1.82, 2.24) is 0 Å². The van der Waals surface area contributed by atoms with Crippen LogP contribution in [0.25, 0.3) is 0 Å². The van der Waals surface area contributed by atoms with Crippen LogP contribution in [0.1, 0.15) is 25.8 Å². The van der Waals surface area contributed by atoms with E-state index < -0.39 is 5.97 Å². The maximum Gasteiger partial charge on any atom is 0.307 e. The van der Waals surface area contributed by atoms with Gasteiger partial charge in [-0.1, -0.05) is 13.0 Å². The third-order valence-corrected chi connectivity index (χ3v) is 2.49. The summed E-state index contributed by atoms with van der Waals surface area (Å²) in [7, 11) is 1.54. The molecule has 0 spiro atoms. The van der Waals surface area contributed by atoms with Crippen LogP contribution in [0.2, 0.25) is 0 Å². The van der Waals surface area contributed by atoms with Crippen molar-refractivity contribution >= 4 is 5.97 Å². The second kappa shape index (κ2) is 6.13. The van der Waals surface area contributed by atoms with E-state index in [9.17, 15) is 4.79 Å². The molecule has 4 heteroatoms. The lowest BCUT2D eigenvalue weighted by molar-refractivity contribution is -0.136. The summed E-state index contributed by atoms with van der Waals surface area (Å²) in [5.41, 5.74) is 0.700. The van der Waals surface area contributed by atoms with Gasteiger partial charge in [0.2, 0.25) is 0 Å². The lowest BCUT2D eigenvalue weighted by atomic mass is 10.1. The van der Waals surface area contributed by atoms with E-state index in [-0.39, 0.29) is 12.5 Å². The molecule has 0 aliphatic heterocycles. The van der Waals surface area contributed by atoms with Crippen LogP contribution in [0.3, 0.4) is 0 Å². The Bertz CT molecular complexity index is 387. The van der Waals surface area contributed by atoms with Gasteiger partial charge in [0.05, 0.1) is 19.6 Å². The van der Waals surface area contributed by atoms with Gasteiger partial charge in [-0.05, 0) is 31.0 Å². The van der Waals surface area contributed by atoms with E-state index in [1.807, 2.05) is 13.8 Å². The number of benzene rings is 1. The van der Waals surface area contributed by atoms with Crippen LogP contribution in [0, 0.1) is 0 Å². The van der Waals surface area contributed by atoms with Crippen LogP contribution < -0.4 is 9.47 Å². The minimum atomic E-state index is -0.859. The first-order chi connectivity index (χ1) is 8.06. The van der Waals surface area contributed by atoms with E-state index in [2.05, 4.69) is 0 Å². The van der Waals surface area contributed by atoms with E-state index in [0.717, 1.165) is 6.42 Å². The lowest BCUT2D eigenvalue weighted by Crippen LogP contribution is -2.10. The molecule has 1 aromatic carbocycles. The number of ether oxygens (including phenoxy) is 2. The van der Waals surface area contributed by atoms with Gasteiger partial charge in [-0.25, -0.2) is 0 Å². The van der Waals surface area contributed by atoms with Gasteiger partial charge in [0.1, 0.15) is 0 Å². The van der Waals surface area contributed by atoms with E-state index in [1.165, 1.54) is 0 Å². The third kappa shape index (κ3) is 3.98. The zero-order valence-corrected chi connectivity index (χ0v) is 10.4. The fourth-order valence-corrected chi connectivity index (χ4v) is 1.39. The molecule has 1 aromatic rings. The molecule has 1 atom stereocenters. The Kier molecular flexibility index (Phi) is 4.82. The second-order valence-electron chi connectivity index (χ2n) is 3.89. The van der Waals surface area contributed by atoms with Crippen LogP contribution in [0.15, 0.2) is 18.2 Å². The summed E-state index contributed by atoms with van der Waals surface area (Å²) in [6, 6.07) is 5.20. The summed E-state index contributed by atoms with van der Waals surface area (Å²) < 4.78 is 10.9. The van der Waals surface area contributed by atoms with Crippen molar-refractivity contribution in [2.45, 2.75) is 32.8 Å². The molecule has 4 nitrogen and oxygen atoms in total. The Morgan fingerprint density at radius 3 is 2.65 bits per heavy atom. The first kappa shape index (κ1) is 13.4. The summed E-state index contributed by atoms with van der Waals surface area (Å²) in [6.07, 6.45) is 0.995. The molecule has 94 valence electrons. The average molecular weight is 238 g/mol. The van der Waals surface area contributed by atoms with Gasteiger partial charge in [0.25, 0.3) is 0 Å². The third-order valence-electron chi connectivity index (χ3n) is 2.49. The van der Waals surface area contributed by atoms with Crippen LogP contribution >= 0.6 is 0 Å². The van der Waals surface area contributed by atoms with Crippen molar-refractivity contribution in [2.24, 2.45) is 0 Å². The van der Waals surface area contributed by atoms with Gasteiger partial charge in [0, 0.05) is 0 Å². The monoisotopic (exact) mass is 238 g/mol. The summed E-state index contributed by atoms with van der Waals surface area (Å²) in [4.78, 5) is 10.6. The van der Waals surface area contributed by atoms with E-state index in [1.54, 1.807) is 25.3 Å². The lowest BCUT2D eigenvalue weighted by Gasteiger charge is -2.16. The van der Waals surface area contributed by atoms with Gasteiger partial charge in [-0.15, -0.1) is 0 Å². The topological polar surface area (TPSA) is 55.8 Å². The SMILES string of the molecule is CCC(C)Oc1ccc(CC(=O)O)cc1OC. The minimum absolute atomic E-state index is 0.0139. The van der Waals surface area contributed by atoms with Crippen molar-refractivity contribution in [1.29, 1.82) is 0 Å². The Hall–Kier alpha value is -1.71. The fraction of sp³-hybridized carbons (Fsp3) is 0.462. The molecule has 0 heterocycles. The van der Waals surface area contributed by atoms with Crippen molar-refractivity contribution in [2.75, 3.05) is 7.11 Å². The maximum absolute atomic E-state index is 10.6. The molecular formula is C13H18O4. The van der Waals surface area contributed by atoms with E-state index in [0.29, 0.717) is 17.1 Å². The summed E-state index contributed by atoms with van der Waals surface area (Å²) >= 11 is 0. The number of aliphatic carboxylic acids is 1. The number of hydrogen-bond acceptors (Lipinski definition) is 3. The Balaban J connectivity index is 2.88. The molecule has 0 saturated heterocycles. The summed E-state index contributed by atoms with van der Waals surface area (Å²) in [6.45, 7) is 4.01. The molecule has 0 aliphatic carbocycles. The molecule has 0 fully saturated rings. The fourth-order valence-electron chi connectivity index (χ4n) is 1.39. The predicted octanol–water partition coefficient (Wildman–Crippen LogP) is 2.50. The molecule has 0 saturated carbocycles. The minimum Gasteiger partial charge on any atom is -0.493 e. The van der Waals surface area contributed by atoms with E-state index in [4.69, 9.17) is 14.6 Å². The smallest absolute Gasteiger partial charge is 0.307 e. The number of carbonyl (C=O) groups is 1. The maximum atomic E-state index is 10.6. The Morgan fingerprint density at radius 1 is 1.41 bits per heavy atom. The first-order valence-electron chi connectivity index (χ1n) is 5.62. The van der Waals surface area contributed by atoms with Gasteiger partial charge in [-0.2, -0.15) is 0 Å². The predicted molar refractivity (Wildman–Crippen MR) is 64.7 cm³/mol. The largest absolute Gasteiger partial charge is 0.493 e. The number of carboxylic acid groups (broad SMARTS) is 1. The standard InChI is InChI=1S/C13H18O4/c1-4-9(2)17-11-6-5-10(8-13(14)15)7-12(11)16-3/h5-7,9H,4,8H2,1-3H3,(H,14,15). The van der Waals surface area contributed by atoms with Crippen molar-refractivity contribution < 1.29 is 19.4 Å². The molecule has 0 radical (unpaired) electrons. The second-order valence-corrected chi connectivity index (χ2v) is 3.89. The molecule has 17 heavy (non-hydrogen) atoms. The summed E-state index contributed by atoms with van der Waals surface area (Å²) in [5.74, 6) is 0.364. The molecule has 0 bridgehead atoms. The quantitative estimate of drug-likeness (QED) is 0.827. The highest BCUT2D eigenvalue weighted by Crippen LogP contribution is 2.29. The number of carboxylic acids is 1. The Labute approximate surface area is 101 Å². The highest BCUT2D eigenvalue weighted by molar-refractivity contribution is 5.70. The van der Waals surface area contributed by atoms with Gasteiger partial charge < -0.3 is 14.6 Å². The molecular weight excluding hydrogens is 220 g/mol. The molecule has 0 amide bonds. The number of hydrogen-bond donors (Lipinski definition) is 1. The zero-order valence-electron chi connectivity index (χ0n) is 10.4. The first-order valence-corrected chi connectivity index (χ1v) is 5.62. The number of methoxy groups -OCH3 is 1. The van der Waals surface area contributed by atoms with Crippen molar-refractivity contribution in [3.8, 4) is 11.5 Å². The van der Waals surface area contributed by atoms with Crippen LogP contribution in [-0.4, -0.2) is 24.3 Å². The molecule has 0 aliphatic rings. The van der Waals surface area contributed by atoms with Gasteiger partial charge in [-0.3, -0.25) is 4.79 Å². The zero-order chi connectivity index (χ0) is 12.8. The summed E-state index contributed by atoms with van der Waals surface area (Å²) in [5, 5.41) is 8.71. The van der Waals surface area contributed by atoms with Crippen molar-refractivity contribution in [3.05, 3.63) is 23.8 Å². The number of rotatable bonds is 6. The van der Waals surface area contributed by atoms with E-state index >= 15 is 0 Å². The molecule has 0 aromatic heterocycles.